The Hall–Kier alpha value is -3.41. The number of ether oxygens (including phenoxy) is 4. The highest BCUT2D eigenvalue weighted by atomic mass is 16.7. The van der Waals surface area contributed by atoms with E-state index in [9.17, 15) is 4.79 Å². The van der Waals surface area contributed by atoms with Gasteiger partial charge in [0.1, 0.15) is 11.5 Å². The largest absolute Gasteiger partial charge is 0.496 e. The van der Waals surface area contributed by atoms with Crippen LogP contribution in [0.4, 0.5) is 0 Å². The topological polar surface area (TPSA) is 57.2 Å². The molecule has 1 atom stereocenters. The van der Waals surface area contributed by atoms with Crippen LogP contribution in [0.3, 0.4) is 0 Å². The fourth-order valence-corrected chi connectivity index (χ4v) is 4.17. The van der Waals surface area contributed by atoms with E-state index in [0.29, 0.717) is 30.3 Å². The third-order valence-electron chi connectivity index (χ3n) is 5.73. The highest BCUT2D eigenvalue weighted by Gasteiger charge is 2.27. The smallest absolute Gasteiger partial charge is 0.231 e. The quantitative estimate of drug-likeness (QED) is 0.640. The van der Waals surface area contributed by atoms with Crippen LogP contribution < -0.4 is 18.9 Å². The van der Waals surface area contributed by atoms with Gasteiger partial charge in [0.05, 0.1) is 13.7 Å². The van der Waals surface area contributed by atoms with Gasteiger partial charge >= 0.3 is 0 Å². The lowest BCUT2D eigenvalue weighted by atomic mass is 9.96. The van der Waals surface area contributed by atoms with Gasteiger partial charge in [0.15, 0.2) is 11.5 Å². The Kier molecular flexibility index (Phi) is 4.62. The highest BCUT2D eigenvalue weighted by molar-refractivity contribution is 5.99. The molecule has 6 nitrogen and oxygen atoms in total. The molecule has 5 rings (SSSR count). The summed E-state index contributed by atoms with van der Waals surface area (Å²) in [5, 5.41) is 2.17. The van der Waals surface area contributed by atoms with Gasteiger partial charge in [-0.25, -0.2) is 0 Å². The second-order valence-electron chi connectivity index (χ2n) is 7.75. The van der Waals surface area contributed by atoms with Crippen molar-refractivity contribution in [3.8, 4) is 34.1 Å². The van der Waals surface area contributed by atoms with E-state index < -0.39 is 0 Å². The van der Waals surface area contributed by atoms with Crippen LogP contribution in [0.2, 0.25) is 0 Å². The van der Waals surface area contributed by atoms with Gasteiger partial charge in [0.25, 0.3) is 0 Å². The van der Waals surface area contributed by atoms with E-state index in [4.69, 9.17) is 18.9 Å². The Bertz CT molecular complexity index is 1130. The zero-order valence-electron chi connectivity index (χ0n) is 17.0. The van der Waals surface area contributed by atoms with Crippen molar-refractivity contribution in [1.82, 2.24) is 4.90 Å². The van der Waals surface area contributed by atoms with Crippen molar-refractivity contribution in [3.05, 3.63) is 48.5 Å². The van der Waals surface area contributed by atoms with Crippen LogP contribution >= 0.6 is 0 Å². The molecule has 0 saturated carbocycles. The van der Waals surface area contributed by atoms with Crippen LogP contribution in [-0.4, -0.2) is 44.9 Å². The summed E-state index contributed by atoms with van der Waals surface area (Å²) in [4.78, 5) is 13.6. The lowest BCUT2D eigenvalue weighted by molar-refractivity contribution is -0.126. The minimum Gasteiger partial charge on any atom is -0.496 e. The van der Waals surface area contributed by atoms with Gasteiger partial charge in [0, 0.05) is 37.6 Å². The highest BCUT2D eigenvalue weighted by Crippen LogP contribution is 2.45. The molecule has 0 aromatic heterocycles. The van der Waals surface area contributed by atoms with Gasteiger partial charge in [-0.3, -0.25) is 4.79 Å². The van der Waals surface area contributed by atoms with Gasteiger partial charge in [-0.05, 0) is 34.5 Å². The molecule has 0 aliphatic carbocycles. The maximum atomic E-state index is 11.8. The number of hydrogen-bond donors (Lipinski definition) is 0. The number of nitrogens with zero attached hydrogens (tertiary/aromatic N) is 1. The van der Waals surface area contributed by atoms with E-state index in [1.807, 2.05) is 43.4 Å². The Morgan fingerprint density at radius 2 is 1.87 bits per heavy atom. The average molecular weight is 405 g/mol. The van der Waals surface area contributed by atoms with Crippen LogP contribution in [0.25, 0.3) is 21.9 Å². The summed E-state index contributed by atoms with van der Waals surface area (Å²) in [6, 6.07) is 16.1. The molecule has 2 aliphatic rings. The first kappa shape index (κ1) is 18.6. The van der Waals surface area contributed by atoms with Crippen molar-refractivity contribution in [2.75, 3.05) is 34.1 Å². The Morgan fingerprint density at radius 1 is 1.07 bits per heavy atom. The molecule has 1 amide bonds. The number of carbonyl (C=O) groups is 1. The third-order valence-corrected chi connectivity index (χ3v) is 5.73. The summed E-state index contributed by atoms with van der Waals surface area (Å²) in [5.41, 5.74) is 1.91. The van der Waals surface area contributed by atoms with Crippen molar-refractivity contribution in [3.63, 3.8) is 0 Å². The molecule has 2 heterocycles. The molecule has 1 unspecified atom stereocenters. The monoisotopic (exact) mass is 405 g/mol. The number of amides is 1. The lowest BCUT2D eigenvalue weighted by Gasteiger charge is -2.16. The van der Waals surface area contributed by atoms with Gasteiger partial charge < -0.3 is 23.8 Å². The first-order valence-corrected chi connectivity index (χ1v) is 10.00. The van der Waals surface area contributed by atoms with Crippen molar-refractivity contribution in [2.24, 2.45) is 5.92 Å². The number of rotatable bonds is 5. The fraction of sp³-hybridized carbons (Fsp3) is 0.292. The molecule has 0 spiro atoms. The number of hydrogen-bond acceptors (Lipinski definition) is 5. The summed E-state index contributed by atoms with van der Waals surface area (Å²) < 4.78 is 22.9. The van der Waals surface area contributed by atoms with Crippen molar-refractivity contribution in [2.45, 2.75) is 6.42 Å². The fourth-order valence-electron chi connectivity index (χ4n) is 4.17. The summed E-state index contributed by atoms with van der Waals surface area (Å²) in [6.07, 6.45) is 0.535. The maximum absolute atomic E-state index is 11.8. The minimum atomic E-state index is 0.174. The van der Waals surface area contributed by atoms with Gasteiger partial charge in [-0.2, -0.15) is 0 Å². The summed E-state index contributed by atoms with van der Waals surface area (Å²) in [5.74, 6) is 3.25. The van der Waals surface area contributed by atoms with Crippen LogP contribution in [-0.2, 0) is 4.79 Å². The number of methoxy groups -OCH3 is 1. The molecule has 6 heteroatoms. The summed E-state index contributed by atoms with van der Waals surface area (Å²) in [7, 11) is 3.49. The van der Waals surface area contributed by atoms with Crippen LogP contribution in [0.1, 0.15) is 6.42 Å². The van der Waals surface area contributed by atoms with E-state index in [0.717, 1.165) is 34.2 Å². The average Bonchev–Trinajstić information content (AvgIpc) is 3.35. The number of likely N-dealkylation sites (tertiary alicyclic amines) is 1. The Labute approximate surface area is 174 Å². The summed E-state index contributed by atoms with van der Waals surface area (Å²) in [6.45, 7) is 1.45. The summed E-state index contributed by atoms with van der Waals surface area (Å²) >= 11 is 0. The zero-order valence-corrected chi connectivity index (χ0v) is 17.0. The lowest BCUT2D eigenvalue weighted by Crippen LogP contribution is -2.20. The molecule has 0 bridgehead atoms. The molecule has 30 heavy (non-hydrogen) atoms. The minimum absolute atomic E-state index is 0.174. The van der Waals surface area contributed by atoms with Crippen LogP contribution in [0, 0.1) is 5.92 Å². The first-order chi connectivity index (χ1) is 14.6. The SMILES string of the molecule is COc1cc2c(cc1-c1cc(OCC3CC(=O)N(C)C3)cc3ccccc13)OCO2. The Morgan fingerprint density at radius 3 is 2.63 bits per heavy atom. The zero-order chi connectivity index (χ0) is 20.7. The maximum Gasteiger partial charge on any atom is 0.231 e. The second kappa shape index (κ2) is 7.44. The molecule has 2 aliphatic heterocycles. The molecular weight excluding hydrogens is 382 g/mol. The number of fused-ring (bicyclic) bond motifs is 2. The normalized spacial score (nSPS) is 17.6. The van der Waals surface area contributed by atoms with E-state index in [-0.39, 0.29) is 18.6 Å². The predicted molar refractivity (Wildman–Crippen MR) is 113 cm³/mol. The Balaban J connectivity index is 1.54. The molecular formula is C24H23NO5. The van der Waals surface area contributed by atoms with E-state index in [1.165, 1.54) is 0 Å². The number of benzene rings is 3. The predicted octanol–water partition coefficient (Wildman–Crippen LogP) is 4.10. The molecule has 3 aromatic rings. The standard InChI is InChI=1S/C24H23NO5/c1-25-12-15(7-24(25)26)13-28-17-8-16-5-3-4-6-18(16)19(9-17)20-10-22-23(30-14-29-22)11-21(20)27-2/h3-6,8-11,15H,7,12-14H2,1-2H3. The molecule has 0 radical (unpaired) electrons. The van der Waals surface area contributed by atoms with Gasteiger partial charge in [-0.1, -0.05) is 24.3 Å². The van der Waals surface area contributed by atoms with Gasteiger partial charge in [-0.15, -0.1) is 0 Å². The third kappa shape index (κ3) is 3.28. The van der Waals surface area contributed by atoms with Crippen molar-refractivity contribution < 1.29 is 23.7 Å². The number of carbonyl (C=O) groups excluding carboxylic acids is 1. The van der Waals surface area contributed by atoms with Crippen LogP contribution in [0.15, 0.2) is 48.5 Å². The second-order valence-corrected chi connectivity index (χ2v) is 7.75. The molecule has 3 aromatic carbocycles. The molecule has 1 fully saturated rings. The van der Waals surface area contributed by atoms with Crippen molar-refractivity contribution >= 4 is 16.7 Å². The van der Waals surface area contributed by atoms with Crippen LogP contribution in [0.5, 0.6) is 23.0 Å². The van der Waals surface area contributed by atoms with E-state index in [2.05, 4.69) is 12.1 Å². The van der Waals surface area contributed by atoms with E-state index >= 15 is 0 Å². The van der Waals surface area contributed by atoms with Crippen molar-refractivity contribution in [1.29, 1.82) is 0 Å². The van der Waals surface area contributed by atoms with Gasteiger partial charge in [0.2, 0.25) is 12.7 Å². The van der Waals surface area contributed by atoms with E-state index in [1.54, 1.807) is 12.0 Å². The molecule has 1 saturated heterocycles. The first-order valence-electron chi connectivity index (χ1n) is 10.00. The molecule has 154 valence electrons. The molecule has 0 N–H and O–H groups in total.